The van der Waals surface area contributed by atoms with Crippen LogP contribution in [-0.4, -0.2) is 19.7 Å². The molecule has 0 heterocycles. The van der Waals surface area contributed by atoms with Crippen LogP contribution in [0.2, 0.25) is 0 Å². The summed E-state index contributed by atoms with van der Waals surface area (Å²) in [7, 11) is 0. The molecule has 0 unspecified atom stereocenters. The van der Waals surface area contributed by atoms with Gasteiger partial charge in [0.1, 0.15) is 12.4 Å². The number of likely N-dealkylation sites (N-methyl/N-ethyl adjacent to an activating group) is 1. The van der Waals surface area contributed by atoms with Gasteiger partial charge in [-0.1, -0.05) is 52.8 Å². The first-order chi connectivity index (χ1) is 8.57. The van der Waals surface area contributed by atoms with Crippen LogP contribution in [0.15, 0.2) is 18.2 Å². The van der Waals surface area contributed by atoms with Gasteiger partial charge in [0.25, 0.3) is 0 Å². The Morgan fingerprint density at radius 2 is 1.61 bits per heavy atom. The second-order valence-corrected chi connectivity index (χ2v) is 5.28. The molecule has 0 bridgehead atoms. The van der Waals surface area contributed by atoms with Gasteiger partial charge in [0.15, 0.2) is 0 Å². The molecule has 2 heteroatoms. The van der Waals surface area contributed by atoms with Gasteiger partial charge in [-0.3, -0.25) is 0 Å². The highest BCUT2D eigenvalue weighted by molar-refractivity contribution is 5.44. The fraction of sp³-hybridized carbons (Fsp3) is 0.625. The zero-order valence-corrected chi connectivity index (χ0v) is 12.4. The molecular formula is C16H27NO. The van der Waals surface area contributed by atoms with Crippen LogP contribution < -0.4 is 10.1 Å². The molecule has 0 amide bonds. The quantitative estimate of drug-likeness (QED) is 0.739. The molecule has 0 aromatic heterocycles. The summed E-state index contributed by atoms with van der Waals surface area (Å²) in [6.45, 7) is 13.6. The smallest absolute Gasteiger partial charge is 0.126 e. The van der Waals surface area contributed by atoms with Gasteiger partial charge < -0.3 is 10.1 Å². The van der Waals surface area contributed by atoms with Gasteiger partial charge in [-0.15, -0.1) is 0 Å². The first-order valence-corrected chi connectivity index (χ1v) is 7.04. The Morgan fingerprint density at radius 1 is 1.06 bits per heavy atom. The van der Waals surface area contributed by atoms with Crippen LogP contribution in [0.1, 0.15) is 57.6 Å². The van der Waals surface area contributed by atoms with Gasteiger partial charge in [-0.25, -0.2) is 0 Å². The molecule has 0 saturated heterocycles. The van der Waals surface area contributed by atoms with E-state index in [4.69, 9.17) is 4.74 Å². The summed E-state index contributed by atoms with van der Waals surface area (Å²) in [5.41, 5.74) is 2.63. The lowest BCUT2D eigenvalue weighted by molar-refractivity contribution is 0.307. The largest absolute Gasteiger partial charge is 0.492 e. The third-order valence-electron chi connectivity index (χ3n) is 3.10. The second kappa shape index (κ2) is 7.42. The first-order valence-electron chi connectivity index (χ1n) is 7.04. The highest BCUT2D eigenvalue weighted by Gasteiger charge is 2.14. The minimum atomic E-state index is 0.498. The van der Waals surface area contributed by atoms with Gasteiger partial charge in [-0.2, -0.15) is 0 Å². The molecule has 1 rings (SSSR count). The predicted octanol–water partition coefficient (Wildman–Crippen LogP) is 3.92. The van der Waals surface area contributed by atoms with Crippen molar-refractivity contribution >= 4 is 0 Å². The maximum absolute atomic E-state index is 6.03. The highest BCUT2D eigenvalue weighted by Crippen LogP contribution is 2.34. The Balaban J connectivity index is 2.89. The fourth-order valence-corrected chi connectivity index (χ4v) is 2.05. The number of para-hydroxylation sites is 1. The Labute approximate surface area is 112 Å². The van der Waals surface area contributed by atoms with E-state index in [2.05, 4.69) is 58.1 Å². The van der Waals surface area contributed by atoms with Crippen LogP contribution in [0.25, 0.3) is 0 Å². The Morgan fingerprint density at radius 3 is 2.06 bits per heavy atom. The van der Waals surface area contributed by atoms with E-state index in [9.17, 15) is 0 Å². The molecule has 1 N–H and O–H groups in total. The lowest BCUT2D eigenvalue weighted by Gasteiger charge is -2.20. The minimum Gasteiger partial charge on any atom is -0.492 e. The third-order valence-corrected chi connectivity index (χ3v) is 3.10. The molecule has 2 nitrogen and oxygen atoms in total. The lowest BCUT2D eigenvalue weighted by Crippen LogP contribution is -2.21. The number of hydrogen-bond donors (Lipinski definition) is 1. The maximum atomic E-state index is 6.03. The summed E-state index contributed by atoms with van der Waals surface area (Å²) in [5, 5.41) is 3.29. The molecule has 0 aliphatic rings. The van der Waals surface area contributed by atoms with Crippen LogP contribution >= 0.6 is 0 Å². The van der Waals surface area contributed by atoms with Crippen molar-refractivity contribution < 1.29 is 4.74 Å². The van der Waals surface area contributed by atoms with Gasteiger partial charge in [0, 0.05) is 6.54 Å². The van der Waals surface area contributed by atoms with E-state index in [1.807, 2.05) is 0 Å². The average molecular weight is 249 g/mol. The molecule has 0 spiro atoms. The molecule has 0 aliphatic heterocycles. The second-order valence-electron chi connectivity index (χ2n) is 5.28. The molecule has 0 saturated carbocycles. The molecular weight excluding hydrogens is 222 g/mol. The van der Waals surface area contributed by atoms with Gasteiger partial charge in [0.2, 0.25) is 0 Å². The van der Waals surface area contributed by atoms with Gasteiger partial charge in [-0.05, 0) is 29.5 Å². The summed E-state index contributed by atoms with van der Waals surface area (Å²) >= 11 is 0. The van der Waals surface area contributed by atoms with Crippen LogP contribution in [-0.2, 0) is 0 Å². The molecule has 102 valence electrons. The number of ether oxygens (including phenoxy) is 1. The van der Waals surface area contributed by atoms with E-state index in [-0.39, 0.29) is 0 Å². The Bertz CT molecular complexity index is 332. The van der Waals surface area contributed by atoms with Crippen molar-refractivity contribution in [2.24, 2.45) is 0 Å². The molecule has 0 aliphatic carbocycles. The Kier molecular flexibility index (Phi) is 6.20. The predicted molar refractivity (Wildman–Crippen MR) is 78.7 cm³/mol. The summed E-state index contributed by atoms with van der Waals surface area (Å²) in [5.74, 6) is 2.09. The van der Waals surface area contributed by atoms with E-state index in [1.54, 1.807) is 0 Å². The standard InChI is InChI=1S/C16H27NO/c1-6-17-10-11-18-16-14(12(2)3)8-7-9-15(16)13(4)5/h7-9,12-13,17H,6,10-11H2,1-5H3. The summed E-state index contributed by atoms with van der Waals surface area (Å²) < 4.78 is 6.03. The van der Waals surface area contributed by atoms with E-state index in [0.717, 1.165) is 25.4 Å². The van der Waals surface area contributed by atoms with Crippen LogP contribution in [0, 0.1) is 0 Å². The topological polar surface area (TPSA) is 21.3 Å². The summed E-state index contributed by atoms with van der Waals surface area (Å²) in [6, 6.07) is 6.50. The van der Waals surface area contributed by atoms with Crippen molar-refractivity contribution in [2.45, 2.75) is 46.5 Å². The van der Waals surface area contributed by atoms with Crippen LogP contribution in [0.5, 0.6) is 5.75 Å². The van der Waals surface area contributed by atoms with Crippen LogP contribution in [0.3, 0.4) is 0 Å². The number of benzene rings is 1. The summed E-state index contributed by atoms with van der Waals surface area (Å²) in [4.78, 5) is 0. The monoisotopic (exact) mass is 249 g/mol. The highest BCUT2D eigenvalue weighted by atomic mass is 16.5. The van der Waals surface area contributed by atoms with Crippen LogP contribution in [0.4, 0.5) is 0 Å². The zero-order chi connectivity index (χ0) is 13.5. The molecule has 0 atom stereocenters. The van der Waals surface area contributed by atoms with Crippen molar-refractivity contribution in [3.63, 3.8) is 0 Å². The van der Waals surface area contributed by atoms with Gasteiger partial charge >= 0.3 is 0 Å². The van der Waals surface area contributed by atoms with E-state index in [1.165, 1.54) is 11.1 Å². The molecule has 1 aromatic carbocycles. The van der Waals surface area contributed by atoms with Gasteiger partial charge in [0.05, 0.1) is 0 Å². The fourth-order valence-electron chi connectivity index (χ4n) is 2.05. The molecule has 18 heavy (non-hydrogen) atoms. The van der Waals surface area contributed by atoms with Crippen molar-refractivity contribution in [3.05, 3.63) is 29.3 Å². The molecule has 0 radical (unpaired) electrons. The Hall–Kier alpha value is -1.02. The van der Waals surface area contributed by atoms with Crippen molar-refractivity contribution in [1.29, 1.82) is 0 Å². The molecule has 1 aromatic rings. The van der Waals surface area contributed by atoms with Crippen molar-refractivity contribution in [1.82, 2.24) is 5.32 Å². The van der Waals surface area contributed by atoms with E-state index in [0.29, 0.717) is 11.8 Å². The first kappa shape index (κ1) is 15.0. The van der Waals surface area contributed by atoms with Crippen molar-refractivity contribution in [2.75, 3.05) is 19.7 Å². The summed E-state index contributed by atoms with van der Waals surface area (Å²) in [6.07, 6.45) is 0. The van der Waals surface area contributed by atoms with E-state index < -0.39 is 0 Å². The average Bonchev–Trinajstić information content (AvgIpc) is 2.34. The minimum absolute atomic E-state index is 0.498. The number of nitrogens with one attached hydrogen (secondary N) is 1. The normalized spacial score (nSPS) is 11.3. The SMILES string of the molecule is CCNCCOc1c(C(C)C)cccc1C(C)C. The number of rotatable bonds is 7. The maximum Gasteiger partial charge on any atom is 0.126 e. The van der Waals surface area contributed by atoms with Crippen molar-refractivity contribution in [3.8, 4) is 5.75 Å². The lowest BCUT2D eigenvalue weighted by atomic mass is 9.94. The third kappa shape index (κ3) is 4.02. The zero-order valence-electron chi connectivity index (χ0n) is 12.4. The molecule has 0 fully saturated rings. The number of hydrogen-bond acceptors (Lipinski definition) is 2. The van der Waals surface area contributed by atoms with E-state index >= 15 is 0 Å².